The number of hydrogen-bond donors (Lipinski definition) is 0. The summed E-state index contributed by atoms with van der Waals surface area (Å²) in [5.41, 5.74) is 2.74. The van der Waals surface area contributed by atoms with E-state index >= 15 is 0 Å². The standard InChI is InChI=1S/C37H52O2/c1-2-3-4-5-6-7-8-9-10-11-12-13-14-24-31-38-32-33-39-37(34-25-18-15-19-26-34,35-27-20-16-21-28-35)36-29-22-17-23-30-36/h15-23,25-30H,2-14,24,31-33H2,1H3. The quantitative estimate of drug-likeness (QED) is 0.0953. The van der Waals surface area contributed by atoms with Crippen LogP contribution in [0.25, 0.3) is 0 Å². The van der Waals surface area contributed by atoms with Gasteiger partial charge in [-0.3, -0.25) is 0 Å². The molecule has 0 bridgehead atoms. The molecule has 0 atom stereocenters. The normalized spacial score (nSPS) is 11.6. The largest absolute Gasteiger partial charge is 0.379 e. The molecular formula is C37H52O2. The van der Waals surface area contributed by atoms with Crippen molar-refractivity contribution in [3.05, 3.63) is 108 Å². The van der Waals surface area contributed by atoms with Gasteiger partial charge in [-0.15, -0.1) is 0 Å². The van der Waals surface area contributed by atoms with Crippen LogP contribution < -0.4 is 0 Å². The van der Waals surface area contributed by atoms with E-state index in [4.69, 9.17) is 9.47 Å². The van der Waals surface area contributed by atoms with E-state index < -0.39 is 5.60 Å². The zero-order valence-corrected chi connectivity index (χ0v) is 24.5. The van der Waals surface area contributed by atoms with Gasteiger partial charge in [-0.25, -0.2) is 0 Å². The smallest absolute Gasteiger partial charge is 0.143 e. The van der Waals surface area contributed by atoms with E-state index in [9.17, 15) is 0 Å². The van der Waals surface area contributed by atoms with Crippen molar-refractivity contribution in [3.8, 4) is 0 Å². The number of hydrogen-bond acceptors (Lipinski definition) is 2. The number of unbranched alkanes of at least 4 members (excludes halogenated alkanes) is 13. The molecule has 0 aliphatic heterocycles. The fourth-order valence-corrected chi connectivity index (χ4v) is 5.52. The van der Waals surface area contributed by atoms with Gasteiger partial charge in [0.15, 0.2) is 0 Å². The van der Waals surface area contributed by atoms with Crippen LogP contribution in [-0.4, -0.2) is 19.8 Å². The van der Waals surface area contributed by atoms with Crippen molar-refractivity contribution in [2.24, 2.45) is 0 Å². The maximum atomic E-state index is 6.79. The number of benzene rings is 3. The predicted molar refractivity (Wildman–Crippen MR) is 166 cm³/mol. The molecule has 0 aliphatic rings. The second-order valence-corrected chi connectivity index (χ2v) is 10.8. The molecule has 2 heteroatoms. The minimum atomic E-state index is -0.664. The lowest BCUT2D eigenvalue weighted by Crippen LogP contribution is -2.34. The van der Waals surface area contributed by atoms with Crippen LogP contribution in [0.5, 0.6) is 0 Å². The lowest BCUT2D eigenvalue weighted by molar-refractivity contribution is -0.0242. The molecule has 3 aromatic rings. The SMILES string of the molecule is CCCCCCCCCCCCCCCCOCCOC(c1ccccc1)(c1ccccc1)c1ccccc1. The van der Waals surface area contributed by atoms with Gasteiger partial charge in [-0.05, 0) is 23.1 Å². The summed E-state index contributed by atoms with van der Waals surface area (Å²) in [6.45, 7) is 4.25. The molecule has 0 N–H and O–H groups in total. The first kappa shape index (κ1) is 31.1. The van der Waals surface area contributed by atoms with E-state index in [2.05, 4.69) is 97.9 Å². The fraction of sp³-hybridized carbons (Fsp3) is 0.514. The van der Waals surface area contributed by atoms with Gasteiger partial charge in [0.2, 0.25) is 0 Å². The molecule has 0 fully saturated rings. The van der Waals surface area contributed by atoms with Gasteiger partial charge in [0.1, 0.15) is 5.60 Å². The molecule has 0 saturated heterocycles. The van der Waals surface area contributed by atoms with Gasteiger partial charge in [-0.2, -0.15) is 0 Å². The Morgan fingerprint density at radius 3 is 1.15 bits per heavy atom. The summed E-state index contributed by atoms with van der Waals surface area (Å²) in [4.78, 5) is 0. The van der Waals surface area contributed by atoms with Crippen LogP contribution in [0.2, 0.25) is 0 Å². The van der Waals surface area contributed by atoms with Gasteiger partial charge in [0.05, 0.1) is 13.2 Å². The molecule has 0 unspecified atom stereocenters. The average molecular weight is 529 g/mol. The summed E-state index contributed by atoms with van der Waals surface area (Å²) >= 11 is 0. The molecule has 3 aromatic carbocycles. The first-order chi connectivity index (χ1) is 19.4. The van der Waals surface area contributed by atoms with E-state index in [0.717, 1.165) is 29.7 Å². The molecule has 0 heterocycles. The Labute approximate surface area is 239 Å². The zero-order chi connectivity index (χ0) is 27.3. The number of ether oxygens (including phenoxy) is 2. The van der Waals surface area contributed by atoms with Crippen molar-refractivity contribution in [1.82, 2.24) is 0 Å². The number of rotatable bonds is 22. The summed E-state index contributed by atoms with van der Waals surface area (Å²) < 4.78 is 12.8. The predicted octanol–water partition coefficient (Wildman–Crippen LogP) is 10.5. The Hall–Kier alpha value is -2.42. The van der Waals surface area contributed by atoms with Crippen molar-refractivity contribution in [2.75, 3.05) is 19.8 Å². The molecule has 39 heavy (non-hydrogen) atoms. The summed E-state index contributed by atoms with van der Waals surface area (Å²) in [6.07, 6.45) is 19.3. The maximum absolute atomic E-state index is 6.79. The zero-order valence-electron chi connectivity index (χ0n) is 24.5. The topological polar surface area (TPSA) is 18.5 Å². The lowest BCUT2D eigenvalue weighted by Gasteiger charge is -2.36. The minimum absolute atomic E-state index is 0.539. The monoisotopic (exact) mass is 528 g/mol. The van der Waals surface area contributed by atoms with Crippen LogP contribution in [-0.2, 0) is 15.1 Å². The van der Waals surface area contributed by atoms with Crippen LogP contribution in [0.3, 0.4) is 0 Å². The van der Waals surface area contributed by atoms with E-state index in [0.29, 0.717) is 13.2 Å². The highest BCUT2D eigenvalue weighted by atomic mass is 16.5. The fourth-order valence-electron chi connectivity index (χ4n) is 5.52. The highest BCUT2D eigenvalue weighted by Crippen LogP contribution is 2.40. The first-order valence-electron chi connectivity index (χ1n) is 15.8. The molecule has 2 nitrogen and oxygen atoms in total. The van der Waals surface area contributed by atoms with Crippen molar-refractivity contribution in [2.45, 2.75) is 102 Å². The van der Waals surface area contributed by atoms with E-state index in [-0.39, 0.29) is 0 Å². The van der Waals surface area contributed by atoms with Crippen molar-refractivity contribution in [3.63, 3.8) is 0 Å². The van der Waals surface area contributed by atoms with E-state index in [1.807, 2.05) is 0 Å². The molecule has 0 aliphatic carbocycles. The minimum Gasteiger partial charge on any atom is -0.379 e. The van der Waals surface area contributed by atoms with Crippen molar-refractivity contribution >= 4 is 0 Å². The molecule has 0 radical (unpaired) electrons. The molecule has 0 aromatic heterocycles. The Morgan fingerprint density at radius 2 is 0.769 bits per heavy atom. The Balaban J connectivity index is 1.34. The van der Waals surface area contributed by atoms with Gasteiger partial charge in [0, 0.05) is 6.61 Å². The molecule has 0 spiro atoms. The Morgan fingerprint density at radius 1 is 0.410 bits per heavy atom. The van der Waals surface area contributed by atoms with Gasteiger partial charge in [-0.1, -0.05) is 181 Å². The average Bonchev–Trinajstić information content (AvgIpc) is 3.00. The third-order valence-corrected chi connectivity index (χ3v) is 7.73. The van der Waals surface area contributed by atoms with Gasteiger partial charge < -0.3 is 9.47 Å². The van der Waals surface area contributed by atoms with Gasteiger partial charge >= 0.3 is 0 Å². The van der Waals surface area contributed by atoms with Crippen molar-refractivity contribution in [1.29, 1.82) is 0 Å². The molecule has 212 valence electrons. The highest BCUT2D eigenvalue weighted by molar-refractivity contribution is 5.47. The lowest BCUT2D eigenvalue weighted by atomic mass is 9.80. The first-order valence-corrected chi connectivity index (χ1v) is 15.8. The summed E-state index contributed by atoms with van der Waals surface area (Å²) in [6, 6.07) is 31.7. The third kappa shape index (κ3) is 10.9. The van der Waals surface area contributed by atoms with Crippen molar-refractivity contribution < 1.29 is 9.47 Å². The Bertz CT molecular complexity index is 858. The summed E-state index contributed by atoms with van der Waals surface area (Å²) in [5, 5.41) is 0. The molecule has 0 saturated carbocycles. The summed E-state index contributed by atoms with van der Waals surface area (Å²) in [7, 11) is 0. The van der Waals surface area contributed by atoms with Gasteiger partial charge in [0.25, 0.3) is 0 Å². The van der Waals surface area contributed by atoms with Crippen LogP contribution in [0.4, 0.5) is 0 Å². The summed E-state index contributed by atoms with van der Waals surface area (Å²) in [5.74, 6) is 0. The Kier molecular flexibility index (Phi) is 15.6. The molecular weight excluding hydrogens is 476 g/mol. The highest BCUT2D eigenvalue weighted by Gasteiger charge is 2.37. The molecule has 3 rings (SSSR count). The maximum Gasteiger partial charge on any atom is 0.143 e. The second kappa shape index (κ2) is 19.6. The van der Waals surface area contributed by atoms with Crippen LogP contribution in [0.15, 0.2) is 91.0 Å². The third-order valence-electron chi connectivity index (χ3n) is 7.73. The molecule has 0 amide bonds. The second-order valence-electron chi connectivity index (χ2n) is 10.8. The van der Waals surface area contributed by atoms with Crippen LogP contribution >= 0.6 is 0 Å². The van der Waals surface area contributed by atoms with E-state index in [1.165, 1.54) is 83.5 Å². The van der Waals surface area contributed by atoms with Crippen LogP contribution in [0, 0.1) is 0 Å². The van der Waals surface area contributed by atoms with Crippen LogP contribution in [0.1, 0.15) is 114 Å². The van der Waals surface area contributed by atoms with E-state index in [1.54, 1.807) is 0 Å².